The standard InChI is InChI=1S/C18H31O2/c19-17-15-13-11-9-7-5-3-1-2-4-6-8-10-12-14-16-18-20/h13,15,18H,1-12,14,16H2. The summed E-state index contributed by atoms with van der Waals surface area (Å²) >= 11 is 0. The topological polar surface area (TPSA) is 34.1 Å². The number of rotatable bonds is 16. The molecule has 0 spiro atoms. The Kier molecular flexibility index (Phi) is 17.2. The maximum absolute atomic E-state index is 10.1. The number of hydrogen-bond acceptors (Lipinski definition) is 2. The first kappa shape index (κ1) is 19.1. The van der Waals surface area contributed by atoms with Gasteiger partial charge >= 0.3 is 0 Å². The molecule has 0 rings (SSSR count). The van der Waals surface area contributed by atoms with Gasteiger partial charge in [0.1, 0.15) is 6.29 Å². The molecular weight excluding hydrogens is 248 g/mol. The predicted octanol–water partition coefficient (Wildman–Crippen LogP) is 5.31. The summed E-state index contributed by atoms with van der Waals surface area (Å²) in [4.78, 5) is 20.1. The van der Waals surface area contributed by atoms with Crippen molar-refractivity contribution in [3.05, 3.63) is 12.2 Å². The van der Waals surface area contributed by atoms with E-state index in [-0.39, 0.29) is 0 Å². The highest BCUT2D eigenvalue weighted by atomic mass is 16.1. The molecule has 0 N–H and O–H groups in total. The van der Waals surface area contributed by atoms with E-state index in [0.717, 1.165) is 25.5 Å². The van der Waals surface area contributed by atoms with Crippen LogP contribution in [0, 0.1) is 0 Å². The fraction of sp³-hybridized carbons (Fsp3) is 0.778. The Bertz CT molecular complexity index is 234. The van der Waals surface area contributed by atoms with Gasteiger partial charge in [0.2, 0.25) is 6.29 Å². The highest BCUT2D eigenvalue weighted by molar-refractivity contribution is 5.65. The Hall–Kier alpha value is -0.920. The summed E-state index contributed by atoms with van der Waals surface area (Å²) in [7, 11) is 0. The Balaban J connectivity index is 2.97. The minimum Gasteiger partial charge on any atom is -0.303 e. The van der Waals surface area contributed by atoms with Gasteiger partial charge in [-0.05, 0) is 25.3 Å². The van der Waals surface area contributed by atoms with Crippen LogP contribution in [0.2, 0.25) is 0 Å². The van der Waals surface area contributed by atoms with Crippen molar-refractivity contribution in [2.75, 3.05) is 0 Å². The van der Waals surface area contributed by atoms with Crippen molar-refractivity contribution in [2.45, 2.75) is 89.9 Å². The van der Waals surface area contributed by atoms with Gasteiger partial charge < -0.3 is 4.79 Å². The van der Waals surface area contributed by atoms with Crippen molar-refractivity contribution in [3.8, 4) is 0 Å². The van der Waals surface area contributed by atoms with Gasteiger partial charge in [0.25, 0.3) is 0 Å². The van der Waals surface area contributed by atoms with Crippen LogP contribution >= 0.6 is 0 Å². The molecule has 0 aromatic carbocycles. The molecule has 0 aliphatic rings. The molecule has 0 atom stereocenters. The molecule has 0 bridgehead atoms. The average molecular weight is 279 g/mol. The van der Waals surface area contributed by atoms with Gasteiger partial charge in [0.05, 0.1) is 0 Å². The van der Waals surface area contributed by atoms with Crippen molar-refractivity contribution in [3.63, 3.8) is 0 Å². The second kappa shape index (κ2) is 18.1. The first-order chi connectivity index (χ1) is 9.91. The summed E-state index contributed by atoms with van der Waals surface area (Å²) in [6.45, 7) is 0. The molecule has 20 heavy (non-hydrogen) atoms. The van der Waals surface area contributed by atoms with Gasteiger partial charge in [-0.3, -0.25) is 4.79 Å². The average Bonchev–Trinajstić information content (AvgIpc) is 2.47. The number of allylic oxidation sites excluding steroid dienone is 2. The van der Waals surface area contributed by atoms with Crippen LogP contribution < -0.4 is 0 Å². The molecule has 2 nitrogen and oxygen atoms in total. The third kappa shape index (κ3) is 17.1. The van der Waals surface area contributed by atoms with Crippen LogP contribution in [0.15, 0.2) is 12.2 Å². The van der Waals surface area contributed by atoms with Gasteiger partial charge in [-0.15, -0.1) is 0 Å². The zero-order valence-corrected chi connectivity index (χ0v) is 12.9. The SMILES string of the molecule is O=[C]C=CCCCCCCCCCCCCCCC=O. The van der Waals surface area contributed by atoms with E-state index in [1.54, 1.807) is 6.29 Å². The molecule has 0 saturated carbocycles. The van der Waals surface area contributed by atoms with E-state index in [0.29, 0.717) is 0 Å². The molecule has 0 aliphatic heterocycles. The minimum absolute atomic E-state index is 0.739. The van der Waals surface area contributed by atoms with Gasteiger partial charge in [-0.1, -0.05) is 70.3 Å². The van der Waals surface area contributed by atoms with Crippen LogP contribution in [-0.4, -0.2) is 12.6 Å². The van der Waals surface area contributed by atoms with Crippen LogP contribution in [0.25, 0.3) is 0 Å². The summed E-state index contributed by atoms with van der Waals surface area (Å²) in [6, 6.07) is 0. The molecule has 115 valence electrons. The van der Waals surface area contributed by atoms with Crippen molar-refractivity contribution in [2.24, 2.45) is 0 Å². The van der Waals surface area contributed by atoms with Crippen molar-refractivity contribution < 1.29 is 9.59 Å². The summed E-state index contributed by atoms with van der Waals surface area (Å²) in [6.07, 6.45) is 23.4. The summed E-state index contributed by atoms with van der Waals surface area (Å²) in [5, 5.41) is 0. The maximum atomic E-state index is 10.1. The summed E-state index contributed by atoms with van der Waals surface area (Å²) in [5.41, 5.74) is 0. The second-order valence-electron chi connectivity index (χ2n) is 5.51. The molecule has 0 fully saturated rings. The van der Waals surface area contributed by atoms with E-state index in [2.05, 4.69) is 0 Å². The van der Waals surface area contributed by atoms with E-state index in [1.807, 2.05) is 6.08 Å². The van der Waals surface area contributed by atoms with Gasteiger partial charge in [0, 0.05) is 6.42 Å². The van der Waals surface area contributed by atoms with Crippen LogP contribution in [0.5, 0.6) is 0 Å². The summed E-state index contributed by atoms with van der Waals surface area (Å²) < 4.78 is 0. The van der Waals surface area contributed by atoms with E-state index in [9.17, 15) is 9.59 Å². The van der Waals surface area contributed by atoms with Crippen molar-refractivity contribution in [1.82, 2.24) is 0 Å². The quantitative estimate of drug-likeness (QED) is 0.218. The van der Waals surface area contributed by atoms with Crippen molar-refractivity contribution in [1.29, 1.82) is 0 Å². The lowest BCUT2D eigenvalue weighted by atomic mass is 10.0. The lowest BCUT2D eigenvalue weighted by Gasteiger charge is -2.02. The van der Waals surface area contributed by atoms with Crippen LogP contribution in [0.3, 0.4) is 0 Å². The van der Waals surface area contributed by atoms with Crippen LogP contribution in [-0.2, 0) is 9.59 Å². The zero-order valence-electron chi connectivity index (χ0n) is 12.9. The number of aldehydes is 1. The highest BCUT2D eigenvalue weighted by Gasteiger charge is 1.93. The van der Waals surface area contributed by atoms with E-state index in [4.69, 9.17) is 0 Å². The zero-order chi connectivity index (χ0) is 14.7. The maximum Gasteiger partial charge on any atom is 0.225 e. The van der Waals surface area contributed by atoms with E-state index in [1.165, 1.54) is 76.7 Å². The smallest absolute Gasteiger partial charge is 0.225 e. The van der Waals surface area contributed by atoms with Gasteiger partial charge in [-0.25, -0.2) is 0 Å². The number of carbonyl (C=O) groups is 1. The molecular formula is C18H31O2. The van der Waals surface area contributed by atoms with Gasteiger partial charge in [0.15, 0.2) is 0 Å². The fourth-order valence-corrected chi connectivity index (χ4v) is 2.39. The first-order valence-corrected chi connectivity index (χ1v) is 8.38. The molecule has 0 aliphatic carbocycles. The molecule has 0 heterocycles. The van der Waals surface area contributed by atoms with E-state index < -0.39 is 0 Å². The van der Waals surface area contributed by atoms with Crippen molar-refractivity contribution >= 4 is 12.6 Å². The van der Waals surface area contributed by atoms with Crippen LogP contribution in [0.4, 0.5) is 0 Å². The number of unbranched alkanes of at least 4 members (excludes halogenated alkanes) is 13. The third-order valence-electron chi connectivity index (χ3n) is 3.63. The Morgan fingerprint density at radius 1 is 0.600 bits per heavy atom. The Labute approximate surface area is 125 Å². The lowest BCUT2D eigenvalue weighted by Crippen LogP contribution is -1.83. The number of carbonyl (C=O) groups excluding carboxylic acids is 2. The van der Waals surface area contributed by atoms with Gasteiger partial charge in [-0.2, -0.15) is 0 Å². The monoisotopic (exact) mass is 279 g/mol. The third-order valence-corrected chi connectivity index (χ3v) is 3.63. The molecule has 0 unspecified atom stereocenters. The largest absolute Gasteiger partial charge is 0.303 e. The predicted molar refractivity (Wildman–Crippen MR) is 85.5 cm³/mol. The first-order valence-electron chi connectivity index (χ1n) is 8.38. The minimum atomic E-state index is 0.739. The molecule has 0 aromatic rings. The Morgan fingerprint density at radius 3 is 1.40 bits per heavy atom. The summed E-state index contributed by atoms with van der Waals surface area (Å²) in [5.74, 6) is 0. The normalized spacial score (nSPS) is 11.0. The highest BCUT2D eigenvalue weighted by Crippen LogP contribution is 2.12. The molecule has 0 saturated heterocycles. The molecule has 1 radical (unpaired) electrons. The van der Waals surface area contributed by atoms with Crippen LogP contribution in [0.1, 0.15) is 89.9 Å². The van der Waals surface area contributed by atoms with E-state index >= 15 is 0 Å². The lowest BCUT2D eigenvalue weighted by molar-refractivity contribution is -0.107. The molecule has 0 amide bonds. The fourth-order valence-electron chi connectivity index (χ4n) is 2.39. The second-order valence-corrected chi connectivity index (χ2v) is 5.51. The molecule has 0 aromatic heterocycles. The Morgan fingerprint density at radius 2 is 1.00 bits per heavy atom. The number of hydrogen-bond donors (Lipinski definition) is 0. The molecule has 2 heteroatoms.